The number of likely N-dealkylation sites (N-methyl/N-ethyl adjacent to an activating group) is 1. The van der Waals surface area contributed by atoms with E-state index < -0.39 is 0 Å². The molecule has 0 aliphatic carbocycles. The maximum absolute atomic E-state index is 12.5. The normalized spacial score (nSPS) is 11.4. The minimum Gasteiger partial charge on any atom is -0.350 e. The van der Waals surface area contributed by atoms with E-state index in [0.717, 1.165) is 10.1 Å². The van der Waals surface area contributed by atoms with Crippen molar-refractivity contribution in [3.63, 3.8) is 0 Å². The summed E-state index contributed by atoms with van der Waals surface area (Å²) in [4.78, 5) is 38.4. The van der Waals surface area contributed by atoms with Gasteiger partial charge in [0.25, 0.3) is 5.56 Å². The lowest BCUT2D eigenvalue weighted by Gasteiger charge is -2.25. The van der Waals surface area contributed by atoms with E-state index in [0.29, 0.717) is 11.9 Å². The highest BCUT2D eigenvalue weighted by molar-refractivity contribution is 5.85. The molecule has 134 valence electrons. The van der Waals surface area contributed by atoms with E-state index in [4.69, 9.17) is 0 Å². The van der Waals surface area contributed by atoms with Crippen molar-refractivity contribution >= 4 is 22.6 Å². The Morgan fingerprint density at radius 1 is 1.24 bits per heavy atom. The lowest BCUT2D eigenvalue weighted by molar-refractivity contribution is -0.137. The second-order valence-electron chi connectivity index (χ2n) is 6.90. The second-order valence-corrected chi connectivity index (χ2v) is 6.90. The summed E-state index contributed by atoms with van der Waals surface area (Å²) in [5.74, 6) is -0.557. The molecule has 2 amide bonds. The van der Waals surface area contributed by atoms with E-state index in [2.05, 4.69) is 10.4 Å². The number of nitrogens with zero attached hydrogens (tertiary/aromatic N) is 3. The van der Waals surface area contributed by atoms with Gasteiger partial charge in [-0.15, -0.1) is 0 Å². The predicted octanol–water partition coefficient (Wildman–Crippen LogP) is 1.16. The summed E-state index contributed by atoms with van der Waals surface area (Å²) < 4.78 is 1.13. The zero-order valence-electron chi connectivity index (χ0n) is 15.1. The maximum atomic E-state index is 12.5. The highest BCUT2D eigenvalue weighted by Gasteiger charge is 2.20. The first-order chi connectivity index (χ1) is 11.7. The number of amides is 2. The van der Waals surface area contributed by atoms with Gasteiger partial charge in [-0.3, -0.25) is 14.4 Å². The summed E-state index contributed by atoms with van der Waals surface area (Å²) in [6.07, 6.45) is 1.56. The first kappa shape index (κ1) is 18.6. The van der Waals surface area contributed by atoms with Gasteiger partial charge in [-0.1, -0.05) is 18.2 Å². The van der Waals surface area contributed by atoms with Gasteiger partial charge in [0.1, 0.15) is 6.54 Å². The fourth-order valence-electron chi connectivity index (χ4n) is 2.48. The number of nitrogens with one attached hydrogen (secondary N) is 1. The molecule has 0 aliphatic rings. The number of hydrogen-bond donors (Lipinski definition) is 1. The number of aromatic nitrogens is 2. The van der Waals surface area contributed by atoms with Crippen LogP contribution >= 0.6 is 0 Å². The van der Waals surface area contributed by atoms with E-state index in [-0.39, 0.29) is 36.0 Å². The Labute approximate surface area is 146 Å². The molecule has 0 bridgehead atoms. The van der Waals surface area contributed by atoms with Gasteiger partial charge >= 0.3 is 0 Å². The summed E-state index contributed by atoms with van der Waals surface area (Å²) in [5, 5.41) is 8.12. The number of rotatable bonds is 5. The molecule has 0 spiro atoms. The van der Waals surface area contributed by atoms with Crippen molar-refractivity contribution in [2.45, 2.75) is 39.8 Å². The van der Waals surface area contributed by atoms with Crippen LogP contribution < -0.4 is 10.9 Å². The Bertz CT molecular complexity index is 836. The Hall–Kier alpha value is -2.70. The first-order valence-corrected chi connectivity index (χ1v) is 8.25. The van der Waals surface area contributed by atoms with Crippen LogP contribution in [0.1, 0.15) is 27.7 Å². The fraction of sp³-hybridized carbons (Fsp3) is 0.444. The Morgan fingerprint density at radius 2 is 1.92 bits per heavy atom. The molecule has 7 heteroatoms. The number of carbonyl (C=O) groups excluding carboxylic acids is 2. The largest absolute Gasteiger partial charge is 0.350 e. The predicted molar refractivity (Wildman–Crippen MR) is 96.2 cm³/mol. The van der Waals surface area contributed by atoms with Crippen LogP contribution in [0.4, 0.5) is 0 Å². The van der Waals surface area contributed by atoms with E-state index in [9.17, 15) is 14.4 Å². The lowest BCUT2D eigenvalue weighted by atomic mass is 10.1. The molecule has 2 rings (SSSR count). The van der Waals surface area contributed by atoms with Gasteiger partial charge < -0.3 is 10.2 Å². The van der Waals surface area contributed by atoms with Crippen molar-refractivity contribution in [1.82, 2.24) is 20.0 Å². The number of hydrogen-bond acceptors (Lipinski definition) is 4. The van der Waals surface area contributed by atoms with Gasteiger partial charge in [0.15, 0.2) is 0 Å². The van der Waals surface area contributed by atoms with Gasteiger partial charge in [0.05, 0.1) is 18.1 Å². The van der Waals surface area contributed by atoms with Gasteiger partial charge in [0.2, 0.25) is 11.8 Å². The minimum atomic E-state index is -0.365. The average Bonchev–Trinajstić information content (AvgIpc) is 2.53. The lowest BCUT2D eigenvalue weighted by Crippen LogP contribution is -2.48. The summed E-state index contributed by atoms with van der Waals surface area (Å²) in [5.41, 5.74) is -0.683. The fourth-order valence-corrected chi connectivity index (χ4v) is 2.48. The van der Waals surface area contributed by atoms with Crippen LogP contribution in [0.15, 0.2) is 35.3 Å². The SMILES string of the molecule is CCN(CC(=O)NC(C)(C)C)C(=O)Cn1ncc2ccccc2c1=O. The highest BCUT2D eigenvalue weighted by Crippen LogP contribution is 2.06. The Morgan fingerprint density at radius 3 is 2.56 bits per heavy atom. The molecule has 25 heavy (non-hydrogen) atoms. The molecule has 0 fully saturated rings. The molecule has 0 saturated carbocycles. The van der Waals surface area contributed by atoms with Crippen molar-refractivity contribution < 1.29 is 9.59 Å². The van der Waals surface area contributed by atoms with Gasteiger partial charge in [-0.25, -0.2) is 4.68 Å². The molecule has 0 radical (unpaired) electrons. The third kappa shape index (κ3) is 4.89. The second kappa shape index (κ2) is 7.46. The zero-order chi connectivity index (χ0) is 18.6. The van der Waals surface area contributed by atoms with E-state index in [1.807, 2.05) is 26.8 Å². The van der Waals surface area contributed by atoms with Gasteiger partial charge in [-0.05, 0) is 33.8 Å². The Kier molecular flexibility index (Phi) is 5.56. The molecule has 1 aromatic carbocycles. The van der Waals surface area contributed by atoms with Crippen LogP contribution in [0.25, 0.3) is 10.8 Å². The van der Waals surface area contributed by atoms with Crippen LogP contribution in [0.2, 0.25) is 0 Å². The minimum absolute atomic E-state index is 0.0467. The number of fused-ring (bicyclic) bond motifs is 1. The van der Waals surface area contributed by atoms with E-state index >= 15 is 0 Å². The summed E-state index contributed by atoms with van der Waals surface area (Å²) in [6, 6.07) is 7.09. The molecule has 1 aromatic heterocycles. The molecular weight excluding hydrogens is 320 g/mol. The highest BCUT2D eigenvalue weighted by atomic mass is 16.2. The van der Waals surface area contributed by atoms with Crippen molar-refractivity contribution in [3.05, 3.63) is 40.8 Å². The van der Waals surface area contributed by atoms with Crippen LogP contribution in [0.3, 0.4) is 0 Å². The van der Waals surface area contributed by atoms with Crippen LogP contribution in [-0.2, 0) is 16.1 Å². The molecule has 1 heterocycles. The average molecular weight is 344 g/mol. The molecule has 2 aromatic rings. The molecule has 0 unspecified atom stereocenters. The molecule has 0 atom stereocenters. The van der Waals surface area contributed by atoms with Crippen molar-refractivity contribution in [1.29, 1.82) is 0 Å². The number of carbonyl (C=O) groups is 2. The molecule has 0 aliphatic heterocycles. The van der Waals surface area contributed by atoms with Crippen LogP contribution in [0.5, 0.6) is 0 Å². The molecular formula is C18H24N4O3. The first-order valence-electron chi connectivity index (χ1n) is 8.25. The maximum Gasteiger partial charge on any atom is 0.275 e. The zero-order valence-corrected chi connectivity index (χ0v) is 15.1. The van der Waals surface area contributed by atoms with Crippen molar-refractivity contribution in [3.8, 4) is 0 Å². The van der Waals surface area contributed by atoms with E-state index in [1.54, 1.807) is 31.3 Å². The molecule has 1 N–H and O–H groups in total. The molecule has 7 nitrogen and oxygen atoms in total. The van der Waals surface area contributed by atoms with Gasteiger partial charge in [0, 0.05) is 17.5 Å². The quantitative estimate of drug-likeness (QED) is 0.882. The number of benzene rings is 1. The summed E-state index contributed by atoms with van der Waals surface area (Å²) >= 11 is 0. The summed E-state index contributed by atoms with van der Waals surface area (Å²) in [6.45, 7) is 7.55. The molecule has 0 saturated heterocycles. The van der Waals surface area contributed by atoms with E-state index in [1.165, 1.54) is 4.90 Å². The summed E-state index contributed by atoms with van der Waals surface area (Å²) in [7, 11) is 0. The Balaban J connectivity index is 2.13. The topological polar surface area (TPSA) is 84.3 Å². The monoisotopic (exact) mass is 344 g/mol. The van der Waals surface area contributed by atoms with Crippen molar-refractivity contribution in [2.24, 2.45) is 0 Å². The third-order valence-electron chi connectivity index (χ3n) is 3.63. The van der Waals surface area contributed by atoms with Crippen molar-refractivity contribution in [2.75, 3.05) is 13.1 Å². The third-order valence-corrected chi connectivity index (χ3v) is 3.63. The van der Waals surface area contributed by atoms with Crippen LogP contribution in [-0.4, -0.2) is 45.1 Å². The van der Waals surface area contributed by atoms with Gasteiger partial charge in [-0.2, -0.15) is 5.10 Å². The smallest absolute Gasteiger partial charge is 0.275 e. The van der Waals surface area contributed by atoms with Crippen LogP contribution in [0, 0.1) is 0 Å². The standard InChI is InChI=1S/C18H24N4O3/c1-5-21(11-15(23)20-18(2,3)4)16(24)12-22-17(25)14-9-7-6-8-13(14)10-19-22/h6-10H,5,11-12H2,1-4H3,(H,20,23).